The molecule has 0 bridgehead atoms. The van der Waals surface area contributed by atoms with Crippen LogP contribution in [0.2, 0.25) is 0 Å². The normalized spacial score (nSPS) is 11.8. The van der Waals surface area contributed by atoms with E-state index in [1.54, 1.807) is 0 Å². The van der Waals surface area contributed by atoms with Crippen LogP contribution in [0.3, 0.4) is 0 Å². The molecule has 0 aromatic carbocycles. The van der Waals surface area contributed by atoms with Crippen LogP contribution in [0, 0.1) is 3.95 Å². The molecule has 8 heteroatoms. The average molecular weight is 248 g/mol. The van der Waals surface area contributed by atoms with Gasteiger partial charge in [-0.25, -0.2) is 8.42 Å². The molecular weight excluding hydrogens is 246 g/mol. The van der Waals surface area contributed by atoms with Crippen molar-refractivity contribution in [2.75, 3.05) is 0 Å². The molecule has 0 fully saturated rings. The molecule has 0 unspecified atom stereocenters. The van der Waals surface area contributed by atoms with E-state index in [4.69, 9.17) is 10.7 Å². The number of H-pyrrole nitrogens is 1. The minimum Gasteiger partial charge on any atom is -0.331 e. The monoisotopic (exact) mass is 247 g/mol. The van der Waals surface area contributed by atoms with Gasteiger partial charge in [0.2, 0.25) is 0 Å². The third-order valence-electron chi connectivity index (χ3n) is 0.821. The van der Waals surface area contributed by atoms with Crippen LogP contribution in [0.15, 0.2) is 9.24 Å². The van der Waals surface area contributed by atoms with Gasteiger partial charge in [-0.1, -0.05) is 11.3 Å². The predicted octanol–water partition coefficient (Wildman–Crippen LogP) is 2.02. The van der Waals surface area contributed by atoms with E-state index in [0.717, 1.165) is 11.3 Å². The highest BCUT2D eigenvalue weighted by atomic mass is 35.7. The first-order valence-electron chi connectivity index (χ1n) is 2.28. The standard InChI is InChI=1S/C3H2ClNO2S4/c4-11(6,7)2-1(8)5-3(9)10-2/h8H,(H,5,9). The lowest BCUT2D eigenvalue weighted by Crippen LogP contribution is -1.86. The van der Waals surface area contributed by atoms with E-state index in [0.29, 0.717) is 3.95 Å². The summed E-state index contributed by atoms with van der Waals surface area (Å²) in [6.45, 7) is 0. The Bertz CT molecular complexity index is 415. The van der Waals surface area contributed by atoms with Gasteiger partial charge in [0.05, 0.1) is 0 Å². The molecule has 1 aromatic rings. The molecular formula is C3H2ClNO2S4. The molecule has 0 aliphatic carbocycles. The fourth-order valence-electron chi connectivity index (χ4n) is 0.471. The Morgan fingerprint density at radius 1 is 1.64 bits per heavy atom. The summed E-state index contributed by atoms with van der Waals surface area (Å²) in [5, 5.41) is 0.190. The summed E-state index contributed by atoms with van der Waals surface area (Å²) >= 11 is 9.40. The molecule has 1 heterocycles. The van der Waals surface area contributed by atoms with Crippen LogP contribution in [0.5, 0.6) is 0 Å². The summed E-state index contributed by atoms with van der Waals surface area (Å²) in [4.78, 5) is 2.55. The van der Waals surface area contributed by atoms with Crippen LogP contribution in [0.1, 0.15) is 0 Å². The molecule has 0 aliphatic rings. The Hall–Kier alpha value is 0.440. The largest absolute Gasteiger partial charge is 0.331 e. The van der Waals surface area contributed by atoms with Gasteiger partial charge in [0, 0.05) is 10.7 Å². The third kappa shape index (κ3) is 2.19. The van der Waals surface area contributed by atoms with Crippen molar-refractivity contribution in [2.45, 2.75) is 9.24 Å². The smallest absolute Gasteiger partial charge is 0.273 e. The lowest BCUT2D eigenvalue weighted by molar-refractivity contribution is 0.609. The molecule has 11 heavy (non-hydrogen) atoms. The summed E-state index contributed by atoms with van der Waals surface area (Å²) in [5.74, 6) is 0. The van der Waals surface area contributed by atoms with Crippen molar-refractivity contribution in [2.24, 2.45) is 0 Å². The van der Waals surface area contributed by atoms with Crippen LogP contribution in [-0.2, 0) is 9.05 Å². The third-order valence-corrected chi connectivity index (χ3v) is 4.78. The molecule has 1 aromatic heterocycles. The molecule has 0 spiro atoms. The van der Waals surface area contributed by atoms with Crippen molar-refractivity contribution < 1.29 is 8.42 Å². The van der Waals surface area contributed by atoms with Crippen molar-refractivity contribution in [3.05, 3.63) is 3.95 Å². The summed E-state index contributed by atoms with van der Waals surface area (Å²) in [6, 6.07) is 0. The van der Waals surface area contributed by atoms with Gasteiger partial charge in [0.15, 0.2) is 8.16 Å². The van der Waals surface area contributed by atoms with E-state index >= 15 is 0 Å². The SMILES string of the molecule is O=S(=O)(Cl)c1sc(=S)[nH]c1S. The highest BCUT2D eigenvalue weighted by Crippen LogP contribution is 2.27. The minimum absolute atomic E-state index is 0.0347. The van der Waals surface area contributed by atoms with Crippen LogP contribution in [-0.4, -0.2) is 13.4 Å². The maximum absolute atomic E-state index is 10.7. The van der Waals surface area contributed by atoms with Gasteiger partial charge >= 0.3 is 0 Å². The molecule has 0 aliphatic heterocycles. The average Bonchev–Trinajstić information content (AvgIpc) is 2.08. The van der Waals surface area contributed by atoms with Crippen molar-refractivity contribution in [3.63, 3.8) is 0 Å². The van der Waals surface area contributed by atoms with Gasteiger partial charge in [-0.05, 0) is 12.2 Å². The molecule has 0 atom stereocenters. The maximum Gasteiger partial charge on any atom is 0.273 e. The lowest BCUT2D eigenvalue weighted by atomic mass is 11.0. The summed E-state index contributed by atoms with van der Waals surface area (Å²) < 4.78 is 21.8. The van der Waals surface area contributed by atoms with Crippen LogP contribution < -0.4 is 0 Å². The highest BCUT2D eigenvalue weighted by Gasteiger charge is 2.16. The Kier molecular flexibility index (Phi) is 2.65. The summed E-state index contributed by atoms with van der Waals surface area (Å²) in [5.41, 5.74) is 0. The fourth-order valence-corrected chi connectivity index (χ4v) is 3.82. The molecule has 1 N–H and O–H groups in total. The van der Waals surface area contributed by atoms with Gasteiger partial charge in [-0.15, -0.1) is 12.6 Å². The minimum atomic E-state index is -3.70. The zero-order chi connectivity index (χ0) is 8.65. The van der Waals surface area contributed by atoms with Crippen molar-refractivity contribution in [3.8, 4) is 0 Å². The van der Waals surface area contributed by atoms with Gasteiger partial charge in [0.1, 0.15) is 5.03 Å². The molecule has 0 saturated heterocycles. The number of nitrogens with one attached hydrogen (secondary N) is 1. The van der Waals surface area contributed by atoms with Gasteiger partial charge in [0.25, 0.3) is 9.05 Å². The molecule has 0 amide bonds. The molecule has 0 saturated carbocycles. The van der Waals surface area contributed by atoms with Crippen LogP contribution >= 0.6 is 46.9 Å². The number of hydrogen-bond donors (Lipinski definition) is 2. The second-order valence-corrected chi connectivity index (χ2v) is 6.48. The number of thiol groups is 1. The van der Waals surface area contributed by atoms with E-state index in [-0.39, 0.29) is 9.24 Å². The van der Waals surface area contributed by atoms with Gasteiger partial charge in [-0.3, -0.25) is 0 Å². The predicted molar refractivity (Wildman–Crippen MR) is 49.8 cm³/mol. The Morgan fingerprint density at radius 2 is 2.18 bits per heavy atom. The van der Waals surface area contributed by atoms with E-state index in [1.165, 1.54) is 0 Å². The molecule has 0 radical (unpaired) electrons. The van der Waals surface area contributed by atoms with E-state index in [9.17, 15) is 8.42 Å². The summed E-state index contributed by atoms with van der Waals surface area (Å²) in [6.07, 6.45) is 0. The van der Waals surface area contributed by atoms with E-state index in [1.807, 2.05) is 0 Å². The zero-order valence-electron chi connectivity index (χ0n) is 4.87. The Balaban J connectivity index is 3.48. The first-order valence-corrected chi connectivity index (χ1v) is 6.26. The first-order chi connectivity index (χ1) is 4.91. The van der Waals surface area contributed by atoms with E-state index < -0.39 is 9.05 Å². The number of aromatic nitrogens is 1. The molecule has 1 rings (SSSR count). The molecule has 62 valence electrons. The Labute approximate surface area is 82.2 Å². The second-order valence-electron chi connectivity index (χ2n) is 1.59. The molecule has 3 nitrogen and oxygen atoms in total. The van der Waals surface area contributed by atoms with Gasteiger partial charge < -0.3 is 4.98 Å². The number of rotatable bonds is 1. The second kappa shape index (κ2) is 3.06. The zero-order valence-corrected chi connectivity index (χ0v) is 8.97. The topological polar surface area (TPSA) is 49.9 Å². The maximum atomic E-state index is 10.7. The van der Waals surface area contributed by atoms with E-state index in [2.05, 4.69) is 29.8 Å². The summed E-state index contributed by atoms with van der Waals surface area (Å²) in [7, 11) is 1.35. The van der Waals surface area contributed by atoms with Crippen LogP contribution in [0.4, 0.5) is 0 Å². The van der Waals surface area contributed by atoms with Gasteiger partial charge in [-0.2, -0.15) is 0 Å². The van der Waals surface area contributed by atoms with Crippen molar-refractivity contribution in [1.29, 1.82) is 0 Å². The van der Waals surface area contributed by atoms with Crippen molar-refractivity contribution >= 4 is 55.9 Å². The number of halogens is 1. The number of hydrogen-bond acceptors (Lipinski definition) is 5. The highest BCUT2D eigenvalue weighted by molar-refractivity contribution is 8.15. The first kappa shape index (κ1) is 9.53. The van der Waals surface area contributed by atoms with Crippen molar-refractivity contribution in [1.82, 2.24) is 4.98 Å². The number of aromatic amines is 1. The fraction of sp³-hybridized carbons (Fsp3) is 0. The van der Waals surface area contributed by atoms with Crippen LogP contribution in [0.25, 0.3) is 0 Å². The lowest BCUT2D eigenvalue weighted by Gasteiger charge is -1.87. The quantitative estimate of drug-likeness (QED) is 0.454. The number of thiazole rings is 1. The Morgan fingerprint density at radius 3 is 2.36 bits per heavy atom.